The summed E-state index contributed by atoms with van der Waals surface area (Å²) in [5, 5.41) is 25.4. The van der Waals surface area contributed by atoms with Gasteiger partial charge in [0, 0.05) is 17.2 Å². The average Bonchev–Trinajstić information content (AvgIpc) is 3.03. The monoisotopic (exact) mass is 639 g/mol. The molecule has 12 heteroatoms. The molecule has 3 aromatic carbocycles. The molecule has 6 unspecified atom stereocenters. The van der Waals surface area contributed by atoms with Gasteiger partial charge in [0.05, 0.1) is 24.6 Å². The molecule has 242 valence electrons. The van der Waals surface area contributed by atoms with E-state index in [9.17, 15) is 39.0 Å². The van der Waals surface area contributed by atoms with Crippen LogP contribution in [-0.4, -0.2) is 82.9 Å². The van der Waals surface area contributed by atoms with E-state index in [0.717, 1.165) is 0 Å². The Morgan fingerprint density at radius 3 is 2.21 bits per heavy atom. The van der Waals surface area contributed by atoms with E-state index in [1.54, 1.807) is 54.6 Å². The van der Waals surface area contributed by atoms with Crippen LogP contribution in [0.15, 0.2) is 60.7 Å². The number of aromatic hydroxyl groups is 1. The highest BCUT2D eigenvalue weighted by Crippen LogP contribution is 2.51. The van der Waals surface area contributed by atoms with Crippen LogP contribution in [0.2, 0.25) is 0 Å². The molecular formula is C35H33N3O9. The molecule has 5 N–H and O–H groups in total. The number of benzene rings is 3. The second kappa shape index (κ2) is 11.6. The van der Waals surface area contributed by atoms with Crippen molar-refractivity contribution in [3.8, 4) is 22.6 Å². The molecule has 0 saturated heterocycles. The summed E-state index contributed by atoms with van der Waals surface area (Å²) in [6.07, 6.45) is 0.0842. The number of methoxy groups -OCH3 is 1. The number of primary amides is 1. The number of likely N-dealkylation sites (N-methyl/N-ethyl adjacent to an activating group) is 1. The first kappa shape index (κ1) is 31.8. The van der Waals surface area contributed by atoms with Crippen LogP contribution in [-0.2, 0) is 25.6 Å². The van der Waals surface area contributed by atoms with Crippen LogP contribution in [0.1, 0.15) is 32.7 Å². The number of carbonyl (C=O) groups excluding carboxylic acids is 6. The normalized spacial score (nSPS) is 26.7. The molecule has 2 amide bonds. The van der Waals surface area contributed by atoms with Crippen molar-refractivity contribution < 1.29 is 43.7 Å². The lowest BCUT2D eigenvalue weighted by atomic mass is 9.52. The number of carbonyl (C=O) groups is 6. The zero-order valence-electron chi connectivity index (χ0n) is 25.9. The molecule has 0 aliphatic heterocycles. The predicted molar refractivity (Wildman–Crippen MR) is 168 cm³/mol. The number of Topliss-reactive ketones (excluding diaryl/α,β-unsaturated/α-hetero) is 4. The summed E-state index contributed by atoms with van der Waals surface area (Å²) >= 11 is 0. The van der Waals surface area contributed by atoms with Gasteiger partial charge in [0.2, 0.25) is 5.91 Å². The number of hydrogen-bond acceptors (Lipinski definition) is 10. The number of phenols is 1. The number of phenolic OH excluding ortho intramolecular Hbond substituents is 1. The van der Waals surface area contributed by atoms with Crippen LogP contribution in [0.4, 0.5) is 5.69 Å². The number of nitrogens with two attached hydrogens (primary N) is 1. The Balaban J connectivity index is 1.34. The van der Waals surface area contributed by atoms with Crippen LogP contribution in [0, 0.1) is 23.7 Å². The van der Waals surface area contributed by atoms with Crippen molar-refractivity contribution >= 4 is 40.6 Å². The van der Waals surface area contributed by atoms with Crippen LogP contribution in [0.5, 0.6) is 11.5 Å². The van der Waals surface area contributed by atoms with Gasteiger partial charge in [0.1, 0.15) is 11.5 Å². The SMILES string of the molecule is COc1ccc(C(=O)Nc2ccc(-c3ccc(O)c4c3CC3CC5C(N(C)C)C(=O)C(C(N)=O)C(=O)C5(O)C(=O)C3C4=O)cc2)cc1. The maximum Gasteiger partial charge on any atom is 0.255 e. The van der Waals surface area contributed by atoms with Crippen LogP contribution < -0.4 is 15.8 Å². The topological polar surface area (TPSA) is 193 Å². The van der Waals surface area contributed by atoms with Crippen LogP contribution in [0.3, 0.4) is 0 Å². The average molecular weight is 640 g/mol. The van der Waals surface area contributed by atoms with Gasteiger partial charge in [0.25, 0.3) is 5.91 Å². The number of nitrogens with one attached hydrogen (secondary N) is 1. The number of anilines is 1. The fourth-order valence-corrected chi connectivity index (χ4v) is 7.55. The van der Waals surface area contributed by atoms with Crippen LogP contribution >= 0.6 is 0 Å². The van der Waals surface area contributed by atoms with Gasteiger partial charge in [-0.15, -0.1) is 0 Å². The molecule has 0 aromatic heterocycles. The van der Waals surface area contributed by atoms with Crippen molar-refractivity contribution in [3.63, 3.8) is 0 Å². The van der Waals surface area contributed by atoms with Crippen molar-refractivity contribution in [2.75, 3.05) is 26.5 Å². The van der Waals surface area contributed by atoms with Crippen LogP contribution in [0.25, 0.3) is 11.1 Å². The molecule has 0 bridgehead atoms. The fraction of sp³-hybridized carbons (Fsp3) is 0.314. The summed E-state index contributed by atoms with van der Waals surface area (Å²) in [6.45, 7) is 0. The van der Waals surface area contributed by atoms with E-state index >= 15 is 0 Å². The Morgan fingerprint density at radius 1 is 0.957 bits per heavy atom. The number of ether oxygens (including phenoxy) is 1. The largest absolute Gasteiger partial charge is 0.507 e. The van der Waals surface area contributed by atoms with Crippen molar-refractivity contribution in [3.05, 3.63) is 77.4 Å². The zero-order chi connectivity index (χ0) is 33.9. The molecule has 2 saturated carbocycles. The van der Waals surface area contributed by atoms with E-state index in [0.29, 0.717) is 33.7 Å². The smallest absolute Gasteiger partial charge is 0.255 e. The third-order valence-corrected chi connectivity index (χ3v) is 9.75. The van der Waals surface area contributed by atoms with Gasteiger partial charge in [-0.2, -0.15) is 0 Å². The lowest BCUT2D eigenvalue weighted by molar-refractivity contribution is -0.181. The lowest BCUT2D eigenvalue weighted by Gasteiger charge is -2.52. The van der Waals surface area contributed by atoms with Crippen molar-refractivity contribution in [1.29, 1.82) is 0 Å². The molecule has 12 nitrogen and oxygen atoms in total. The summed E-state index contributed by atoms with van der Waals surface area (Å²) in [5.41, 5.74) is 5.22. The second-order valence-electron chi connectivity index (χ2n) is 12.5. The van der Waals surface area contributed by atoms with E-state index in [4.69, 9.17) is 10.5 Å². The number of ketones is 4. The van der Waals surface area contributed by atoms with Crippen molar-refractivity contribution in [1.82, 2.24) is 4.90 Å². The predicted octanol–water partition coefficient (Wildman–Crippen LogP) is 1.79. The third-order valence-electron chi connectivity index (χ3n) is 9.75. The molecule has 0 heterocycles. The van der Waals surface area contributed by atoms with E-state index < -0.39 is 64.4 Å². The number of rotatable bonds is 6. The molecule has 3 aromatic rings. The molecule has 6 atom stereocenters. The van der Waals surface area contributed by atoms with Gasteiger partial charge in [-0.3, -0.25) is 33.7 Å². The maximum absolute atomic E-state index is 14.0. The number of fused-ring (bicyclic) bond motifs is 3. The summed E-state index contributed by atoms with van der Waals surface area (Å²) in [6, 6.07) is 15.4. The first-order valence-corrected chi connectivity index (χ1v) is 15.0. The molecule has 47 heavy (non-hydrogen) atoms. The number of hydrogen-bond donors (Lipinski definition) is 4. The van der Waals surface area contributed by atoms with Gasteiger partial charge in [0.15, 0.2) is 34.7 Å². The summed E-state index contributed by atoms with van der Waals surface area (Å²) in [7, 11) is 4.61. The standard InChI is InChI=1S/C35H33N3O9/c1-38(2)28-23-15-18-14-22-21(16-4-8-19(9-5-16)37-34(45)17-6-10-20(47-3)11-7-17)12-13-24(39)26(22)29(40)25(18)31(42)35(23,46)32(43)27(30(28)41)33(36)44/h4-13,18,23,25,27-28,39,46H,14-15H2,1-3H3,(H2,36,44)(H,37,45). The number of amides is 2. The quantitative estimate of drug-likeness (QED) is 0.289. The minimum Gasteiger partial charge on any atom is -0.507 e. The van der Waals surface area contributed by atoms with Gasteiger partial charge in [-0.05, 0) is 92.0 Å². The van der Waals surface area contributed by atoms with E-state index in [2.05, 4.69) is 5.32 Å². The maximum atomic E-state index is 14.0. The number of aliphatic hydroxyl groups is 1. The fourth-order valence-electron chi connectivity index (χ4n) is 7.55. The summed E-state index contributed by atoms with van der Waals surface area (Å²) < 4.78 is 5.13. The highest BCUT2D eigenvalue weighted by atomic mass is 16.5. The molecule has 6 rings (SSSR count). The highest BCUT2D eigenvalue weighted by Gasteiger charge is 2.69. The van der Waals surface area contributed by atoms with Gasteiger partial charge < -0.3 is 26.0 Å². The second-order valence-corrected chi connectivity index (χ2v) is 12.5. The van der Waals surface area contributed by atoms with Gasteiger partial charge in [-0.1, -0.05) is 18.2 Å². The van der Waals surface area contributed by atoms with Gasteiger partial charge in [-0.25, -0.2) is 0 Å². The highest BCUT2D eigenvalue weighted by molar-refractivity contribution is 6.32. The van der Waals surface area contributed by atoms with E-state index in [-0.39, 0.29) is 30.1 Å². The third kappa shape index (κ3) is 4.91. The first-order valence-electron chi connectivity index (χ1n) is 15.0. The van der Waals surface area contributed by atoms with E-state index in [1.165, 1.54) is 32.2 Å². The summed E-state index contributed by atoms with van der Waals surface area (Å²) in [5.74, 6) is -10.7. The molecule has 3 aliphatic carbocycles. The molecular weight excluding hydrogens is 606 g/mol. The minimum atomic E-state index is -2.78. The summed E-state index contributed by atoms with van der Waals surface area (Å²) in [4.78, 5) is 81.1. The Hall–Kier alpha value is -5.20. The van der Waals surface area contributed by atoms with E-state index in [1.807, 2.05) is 0 Å². The van der Waals surface area contributed by atoms with Crippen molar-refractivity contribution in [2.45, 2.75) is 24.5 Å². The number of nitrogens with zero attached hydrogens (tertiary/aromatic N) is 1. The molecule has 2 fully saturated rings. The zero-order valence-corrected chi connectivity index (χ0v) is 25.9. The Labute approximate surface area is 269 Å². The van der Waals surface area contributed by atoms with Gasteiger partial charge >= 0.3 is 0 Å². The Kier molecular flexibility index (Phi) is 7.81. The lowest BCUT2D eigenvalue weighted by Crippen LogP contribution is -2.74. The minimum absolute atomic E-state index is 0.0463. The molecule has 0 spiro atoms. The molecule has 0 radical (unpaired) electrons. The Morgan fingerprint density at radius 2 is 1.62 bits per heavy atom. The Bertz CT molecular complexity index is 1850. The first-order chi connectivity index (χ1) is 22.3. The molecule has 3 aliphatic rings. The van der Waals surface area contributed by atoms with Crippen molar-refractivity contribution in [2.24, 2.45) is 29.4 Å².